The summed E-state index contributed by atoms with van der Waals surface area (Å²) >= 11 is 0. The van der Waals surface area contributed by atoms with Crippen LogP contribution in [0.25, 0.3) is 10.9 Å². The standard InChI is InChI=1S/C19H19N3O3/c1-12-11-17(23)25-13(2)18(12)19(24)21-10-9-20-16-8-7-14-5-3-4-6-15(14)22-16/h3-8,11H,9-10H2,1-2H3,(H,20,22)(H,21,24). The second-order valence-corrected chi connectivity index (χ2v) is 5.75. The van der Waals surface area contributed by atoms with E-state index in [4.69, 9.17) is 4.42 Å². The topological polar surface area (TPSA) is 84.2 Å². The maximum Gasteiger partial charge on any atom is 0.336 e. The fourth-order valence-corrected chi connectivity index (χ4v) is 2.72. The van der Waals surface area contributed by atoms with Gasteiger partial charge in [-0.3, -0.25) is 4.79 Å². The number of fused-ring (bicyclic) bond motifs is 1. The van der Waals surface area contributed by atoms with Gasteiger partial charge in [0.15, 0.2) is 0 Å². The first-order valence-corrected chi connectivity index (χ1v) is 8.04. The van der Waals surface area contributed by atoms with Crippen LogP contribution in [0.4, 0.5) is 5.82 Å². The molecule has 25 heavy (non-hydrogen) atoms. The maximum absolute atomic E-state index is 12.3. The van der Waals surface area contributed by atoms with Crippen LogP contribution in [0, 0.1) is 13.8 Å². The molecule has 0 radical (unpaired) electrons. The van der Waals surface area contributed by atoms with E-state index in [1.54, 1.807) is 13.8 Å². The van der Waals surface area contributed by atoms with Crippen LogP contribution in [0.1, 0.15) is 21.7 Å². The normalized spacial score (nSPS) is 10.6. The lowest BCUT2D eigenvalue weighted by Crippen LogP contribution is -2.30. The number of pyridine rings is 1. The second kappa shape index (κ2) is 7.17. The SMILES string of the molecule is Cc1cc(=O)oc(C)c1C(=O)NCCNc1ccc2ccccc2n1. The number of aryl methyl sites for hydroxylation is 2. The zero-order valence-electron chi connectivity index (χ0n) is 14.1. The van der Waals surface area contributed by atoms with Crippen molar-refractivity contribution in [3.8, 4) is 0 Å². The predicted octanol–water partition coefficient (Wildman–Crippen LogP) is 2.65. The van der Waals surface area contributed by atoms with Crippen molar-refractivity contribution in [2.75, 3.05) is 18.4 Å². The number of hydrogen-bond acceptors (Lipinski definition) is 5. The average molecular weight is 337 g/mol. The van der Waals surface area contributed by atoms with Crippen molar-refractivity contribution in [1.29, 1.82) is 0 Å². The summed E-state index contributed by atoms with van der Waals surface area (Å²) in [5.41, 5.74) is 1.48. The number of anilines is 1. The number of rotatable bonds is 5. The van der Waals surface area contributed by atoms with Gasteiger partial charge in [-0.25, -0.2) is 9.78 Å². The predicted molar refractivity (Wildman–Crippen MR) is 97.0 cm³/mol. The minimum absolute atomic E-state index is 0.257. The molecule has 2 N–H and O–H groups in total. The summed E-state index contributed by atoms with van der Waals surface area (Å²) in [7, 11) is 0. The van der Waals surface area contributed by atoms with Gasteiger partial charge in [0.25, 0.3) is 5.91 Å². The lowest BCUT2D eigenvalue weighted by atomic mass is 10.1. The van der Waals surface area contributed by atoms with E-state index in [2.05, 4.69) is 15.6 Å². The van der Waals surface area contributed by atoms with Crippen LogP contribution in [0.15, 0.2) is 51.7 Å². The van der Waals surface area contributed by atoms with Gasteiger partial charge in [-0.1, -0.05) is 18.2 Å². The highest BCUT2D eigenvalue weighted by Gasteiger charge is 2.14. The number of carbonyl (C=O) groups is 1. The molecule has 2 aromatic heterocycles. The number of carbonyl (C=O) groups excluding carboxylic acids is 1. The molecule has 0 unspecified atom stereocenters. The van der Waals surface area contributed by atoms with Gasteiger partial charge >= 0.3 is 5.63 Å². The molecule has 3 rings (SSSR count). The first kappa shape index (κ1) is 16.7. The third-order valence-electron chi connectivity index (χ3n) is 3.88. The first-order chi connectivity index (χ1) is 12.0. The molecule has 0 spiro atoms. The van der Waals surface area contributed by atoms with E-state index < -0.39 is 5.63 Å². The van der Waals surface area contributed by atoms with Gasteiger partial charge in [-0.2, -0.15) is 0 Å². The van der Waals surface area contributed by atoms with Crippen LogP contribution in [-0.4, -0.2) is 24.0 Å². The van der Waals surface area contributed by atoms with Gasteiger partial charge in [0.2, 0.25) is 0 Å². The molecular formula is C19H19N3O3. The molecule has 128 valence electrons. The summed E-state index contributed by atoms with van der Waals surface area (Å²) in [5, 5.41) is 7.08. The van der Waals surface area contributed by atoms with E-state index in [1.165, 1.54) is 6.07 Å². The number of hydrogen-bond donors (Lipinski definition) is 2. The summed E-state index contributed by atoms with van der Waals surface area (Å²) in [4.78, 5) is 28.1. The Labute approximate surface area is 144 Å². The van der Waals surface area contributed by atoms with E-state index in [9.17, 15) is 9.59 Å². The van der Waals surface area contributed by atoms with Crippen molar-refractivity contribution in [1.82, 2.24) is 10.3 Å². The highest BCUT2D eigenvalue weighted by Crippen LogP contribution is 2.14. The van der Waals surface area contributed by atoms with Crippen LogP contribution in [-0.2, 0) is 0 Å². The molecule has 1 aromatic carbocycles. The van der Waals surface area contributed by atoms with Crippen molar-refractivity contribution in [2.24, 2.45) is 0 Å². The molecule has 2 heterocycles. The molecule has 6 nitrogen and oxygen atoms in total. The van der Waals surface area contributed by atoms with Crippen LogP contribution in [0.5, 0.6) is 0 Å². The van der Waals surface area contributed by atoms with E-state index in [0.717, 1.165) is 16.7 Å². The summed E-state index contributed by atoms with van der Waals surface area (Å²) in [6.45, 7) is 4.29. The lowest BCUT2D eigenvalue weighted by Gasteiger charge is -2.10. The molecule has 0 aliphatic heterocycles. The van der Waals surface area contributed by atoms with Crippen molar-refractivity contribution in [3.63, 3.8) is 0 Å². The highest BCUT2D eigenvalue weighted by molar-refractivity contribution is 5.96. The molecule has 0 saturated heterocycles. The largest absolute Gasteiger partial charge is 0.427 e. The minimum Gasteiger partial charge on any atom is -0.427 e. The molecule has 1 amide bonds. The Morgan fingerprint density at radius 1 is 1.12 bits per heavy atom. The van der Waals surface area contributed by atoms with E-state index in [0.29, 0.717) is 30.0 Å². The maximum atomic E-state index is 12.3. The number of amides is 1. The van der Waals surface area contributed by atoms with Gasteiger partial charge in [0.05, 0.1) is 11.1 Å². The molecule has 0 atom stereocenters. The number of nitrogens with zero attached hydrogens (tertiary/aromatic N) is 1. The highest BCUT2D eigenvalue weighted by atomic mass is 16.4. The van der Waals surface area contributed by atoms with Crippen molar-refractivity contribution < 1.29 is 9.21 Å². The minimum atomic E-state index is -0.449. The van der Waals surface area contributed by atoms with E-state index >= 15 is 0 Å². The Hall–Kier alpha value is -3.15. The quantitative estimate of drug-likeness (QED) is 0.699. The molecule has 6 heteroatoms. The van der Waals surface area contributed by atoms with Gasteiger partial charge < -0.3 is 15.1 Å². The Morgan fingerprint density at radius 2 is 1.92 bits per heavy atom. The van der Waals surface area contributed by atoms with Gasteiger partial charge in [-0.05, 0) is 37.6 Å². The summed E-state index contributed by atoms with van der Waals surface area (Å²) in [6, 6.07) is 13.1. The average Bonchev–Trinajstić information content (AvgIpc) is 2.57. The summed E-state index contributed by atoms with van der Waals surface area (Å²) in [5.74, 6) is 0.824. The van der Waals surface area contributed by atoms with Gasteiger partial charge in [0.1, 0.15) is 11.6 Å². The Morgan fingerprint density at radius 3 is 2.72 bits per heavy atom. The van der Waals surface area contributed by atoms with Crippen molar-refractivity contribution in [3.05, 3.63) is 69.8 Å². The lowest BCUT2D eigenvalue weighted by molar-refractivity contribution is 0.0951. The van der Waals surface area contributed by atoms with Crippen LogP contribution >= 0.6 is 0 Å². The Bertz CT molecular complexity index is 953. The molecule has 0 aliphatic rings. The van der Waals surface area contributed by atoms with Crippen molar-refractivity contribution >= 4 is 22.6 Å². The van der Waals surface area contributed by atoms with Crippen molar-refractivity contribution in [2.45, 2.75) is 13.8 Å². The number of aromatic nitrogens is 1. The second-order valence-electron chi connectivity index (χ2n) is 5.75. The molecule has 0 fully saturated rings. The summed E-state index contributed by atoms with van der Waals surface area (Å²) in [6.07, 6.45) is 0. The smallest absolute Gasteiger partial charge is 0.336 e. The molecule has 0 aliphatic carbocycles. The number of nitrogens with one attached hydrogen (secondary N) is 2. The van der Waals surface area contributed by atoms with Crippen LogP contribution in [0.2, 0.25) is 0 Å². The van der Waals surface area contributed by atoms with Crippen LogP contribution < -0.4 is 16.3 Å². The third kappa shape index (κ3) is 3.85. The zero-order chi connectivity index (χ0) is 17.8. The Kier molecular flexibility index (Phi) is 4.79. The molecule has 0 bridgehead atoms. The van der Waals surface area contributed by atoms with Gasteiger partial charge in [-0.15, -0.1) is 0 Å². The molecule has 0 saturated carbocycles. The molecular weight excluding hydrogens is 318 g/mol. The number of para-hydroxylation sites is 1. The van der Waals surface area contributed by atoms with E-state index in [1.807, 2.05) is 36.4 Å². The van der Waals surface area contributed by atoms with E-state index in [-0.39, 0.29) is 5.91 Å². The monoisotopic (exact) mass is 337 g/mol. The number of benzene rings is 1. The fourth-order valence-electron chi connectivity index (χ4n) is 2.72. The first-order valence-electron chi connectivity index (χ1n) is 8.04. The Balaban J connectivity index is 1.57. The van der Waals surface area contributed by atoms with Crippen LogP contribution in [0.3, 0.4) is 0 Å². The third-order valence-corrected chi connectivity index (χ3v) is 3.88. The fraction of sp³-hybridized carbons (Fsp3) is 0.211. The summed E-state index contributed by atoms with van der Waals surface area (Å²) < 4.78 is 4.98. The van der Waals surface area contributed by atoms with Gasteiger partial charge in [0, 0.05) is 24.5 Å². The zero-order valence-corrected chi connectivity index (χ0v) is 14.1. The molecule has 3 aromatic rings.